The lowest BCUT2D eigenvalue weighted by atomic mass is 10.2. The molecule has 0 atom stereocenters. The van der Waals surface area contributed by atoms with E-state index in [1.54, 1.807) is 7.05 Å². The van der Waals surface area contributed by atoms with Crippen LogP contribution < -0.4 is 10.6 Å². The fourth-order valence-corrected chi connectivity index (χ4v) is 3.53. The third-order valence-electron chi connectivity index (χ3n) is 4.08. The molecular weight excluding hydrogens is 342 g/mol. The first kappa shape index (κ1) is 18.2. The molecule has 0 saturated carbocycles. The third kappa shape index (κ3) is 4.95. The number of aryl methyl sites for hydroxylation is 1. The molecule has 6 heteroatoms. The summed E-state index contributed by atoms with van der Waals surface area (Å²) < 4.78 is 1.91. The Labute approximate surface area is 158 Å². The molecule has 5 nitrogen and oxygen atoms in total. The van der Waals surface area contributed by atoms with Crippen molar-refractivity contribution in [3.8, 4) is 5.69 Å². The van der Waals surface area contributed by atoms with Crippen molar-refractivity contribution in [2.75, 3.05) is 13.6 Å². The summed E-state index contributed by atoms with van der Waals surface area (Å²) >= 11 is 1.85. The van der Waals surface area contributed by atoms with Crippen molar-refractivity contribution in [1.82, 2.24) is 20.4 Å². The molecule has 0 radical (unpaired) electrons. The third-order valence-corrected chi connectivity index (χ3v) is 5.31. The molecule has 0 aliphatic carbocycles. The van der Waals surface area contributed by atoms with Crippen molar-refractivity contribution in [2.45, 2.75) is 26.3 Å². The number of thiophene rings is 1. The maximum atomic E-state index is 4.44. The second-order valence-electron chi connectivity index (χ2n) is 5.95. The summed E-state index contributed by atoms with van der Waals surface area (Å²) in [6.07, 6.45) is 5.98. The normalized spacial score (nSPS) is 11.5. The van der Waals surface area contributed by atoms with E-state index >= 15 is 0 Å². The molecule has 0 aliphatic heterocycles. The van der Waals surface area contributed by atoms with E-state index in [-0.39, 0.29) is 0 Å². The molecule has 3 rings (SSSR count). The van der Waals surface area contributed by atoms with Gasteiger partial charge in [0.15, 0.2) is 5.96 Å². The van der Waals surface area contributed by atoms with E-state index in [0.29, 0.717) is 0 Å². The van der Waals surface area contributed by atoms with E-state index in [4.69, 9.17) is 0 Å². The Balaban J connectivity index is 1.45. The van der Waals surface area contributed by atoms with Crippen LogP contribution in [0.3, 0.4) is 0 Å². The molecule has 2 aromatic heterocycles. The number of aliphatic imine (C=N–C) groups is 1. The number of aromatic nitrogens is 2. The van der Waals surface area contributed by atoms with E-state index in [2.05, 4.69) is 58.1 Å². The van der Waals surface area contributed by atoms with Crippen LogP contribution in [0.15, 0.2) is 59.9 Å². The largest absolute Gasteiger partial charge is 0.356 e. The number of hydrogen-bond acceptors (Lipinski definition) is 3. The van der Waals surface area contributed by atoms with Gasteiger partial charge < -0.3 is 10.6 Å². The van der Waals surface area contributed by atoms with Gasteiger partial charge in [0, 0.05) is 29.5 Å². The van der Waals surface area contributed by atoms with Crippen LogP contribution in [-0.2, 0) is 19.4 Å². The summed E-state index contributed by atoms with van der Waals surface area (Å²) in [6.45, 7) is 3.80. The number of nitrogens with one attached hydrogen (secondary N) is 2. The zero-order valence-electron chi connectivity index (χ0n) is 15.3. The maximum absolute atomic E-state index is 4.44. The molecule has 1 aromatic carbocycles. The van der Waals surface area contributed by atoms with E-state index in [1.165, 1.54) is 15.3 Å². The molecule has 0 amide bonds. The summed E-state index contributed by atoms with van der Waals surface area (Å²) in [6, 6.07) is 14.5. The summed E-state index contributed by atoms with van der Waals surface area (Å²) in [4.78, 5) is 7.04. The van der Waals surface area contributed by atoms with E-state index in [9.17, 15) is 0 Å². The zero-order chi connectivity index (χ0) is 18.2. The predicted molar refractivity (Wildman–Crippen MR) is 109 cm³/mol. The maximum Gasteiger partial charge on any atom is 0.191 e. The highest BCUT2D eigenvalue weighted by molar-refractivity contribution is 7.11. The lowest BCUT2D eigenvalue weighted by Gasteiger charge is -2.10. The lowest BCUT2D eigenvalue weighted by molar-refractivity contribution is 0.799. The minimum Gasteiger partial charge on any atom is -0.356 e. The highest BCUT2D eigenvalue weighted by atomic mass is 32.1. The van der Waals surface area contributed by atoms with Crippen LogP contribution in [0.4, 0.5) is 0 Å². The molecule has 0 saturated heterocycles. The molecule has 0 aliphatic rings. The van der Waals surface area contributed by atoms with Crippen molar-refractivity contribution in [1.29, 1.82) is 0 Å². The van der Waals surface area contributed by atoms with Crippen molar-refractivity contribution < 1.29 is 0 Å². The van der Waals surface area contributed by atoms with Crippen LogP contribution in [0.1, 0.15) is 22.2 Å². The van der Waals surface area contributed by atoms with Gasteiger partial charge in [-0.2, -0.15) is 5.10 Å². The molecule has 26 heavy (non-hydrogen) atoms. The quantitative estimate of drug-likeness (QED) is 0.497. The number of guanidine groups is 1. The Morgan fingerprint density at radius 3 is 2.65 bits per heavy atom. The SMILES string of the molecule is CCc1ccc(CNC(=NC)NCCc2cnn(-c3ccccc3)c2)s1. The van der Waals surface area contributed by atoms with Gasteiger partial charge in [-0.15, -0.1) is 11.3 Å². The minimum absolute atomic E-state index is 0.802. The molecule has 3 aromatic rings. The lowest BCUT2D eigenvalue weighted by Crippen LogP contribution is -2.37. The Morgan fingerprint density at radius 2 is 1.92 bits per heavy atom. The average molecular weight is 368 g/mol. The Morgan fingerprint density at radius 1 is 1.12 bits per heavy atom. The van der Waals surface area contributed by atoms with Gasteiger partial charge in [-0.05, 0) is 42.7 Å². The van der Waals surface area contributed by atoms with E-state index in [1.807, 2.05) is 40.4 Å². The van der Waals surface area contributed by atoms with Gasteiger partial charge in [0.1, 0.15) is 0 Å². The zero-order valence-corrected chi connectivity index (χ0v) is 16.1. The van der Waals surface area contributed by atoms with Crippen LogP contribution in [0.25, 0.3) is 5.69 Å². The first-order valence-electron chi connectivity index (χ1n) is 8.89. The molecule has 2 heterocycles. The second-order valence-corrected chi connectivity index (χ2v) is 7.21. The van der Waals surface area contributed by atoms with E-state index in [0.717, 1.165) is 37.6 Å². The smallest absolute Gasteiger partial charge is 0.191 e. The number of nitrogens with zero attached hydrogens (tertiary/aromatic N) is 3. The van der Waals surface area contributed by atoms with Crippen molar-refractivity contribution >= 4 is 17.3 Å². The molecule has 0 spiro atoms. The average Bonchev–Trinajstić information content (AvgIpc) is 3.34. The summed E-state index contributed by atoms with van der Waals surface area (Å²) in [5.41, 5.74) is 2.27. The topological polar surface area (TPSA) is 54.2 Å². The predicted octanol–water partition coefficient (Wildman–Crippen LogP) is 3.40. The first-order chi connectivity index (χ1) is 12.8. The Bertz CT molecular complexity index is 835. The van der Waals surface area contributed by atoms with Crippen molar-refractivity contribution in [3.05, 3.63) is 70.2 Å². The minimum atomic E-state index is 0.802. The monoisotopic (exact) mass is 367 g/mol. The van der Waals surface area contributed by atoms with Gasteiger partial charge in [-0.1, -0.05) is 25.1 Å². The number of rotatable bonds is 7. The van der Waals surface area contributed by atoms with Gasteiger partial charge in [0.2, 0.25) is 0 Å². The van der Waals surface area contributed by atoms with Gasteiger partial charge in [0.05, 0.1) is 18.4 Å². The molecular formula is C20H25N5S. The molecule has 2 N–H and O–H groups in total. The Hall–Kier alpha value is -2.60. The number of para-hydroxylation sites is 1. The van der Waals surface area contributed by atoms with Crippen LogP contribution in [-0.4, -0.2) is 29.3 Å². The van der Waals surface area contributed by atoms with Gasteiger partial charge in [-0.3, -0.25) is 4.99 Å². The van der Waals surface area contributed by atoms with Crippen LogP contribution >= 0.6 is 11.3 Å². The molecule has 0 unspecified atom stereocenters. The molecule has 0 fully saturated rings. The van der Waals surface area contributed by atoms with Crippen LogP contribution in [0.5, 0.6) is 0 Å². The first-order valence-corrected chi connectivity index (χ1v) is 9.71. The summed E-state index contributed by atoms with van der Waals surface area (Å²) in [5.74, 6) is 0.826. The number of hydrogen-bond donors (Lipinski definition) is 2. The summed E-state index contributed by atoms with van der Waals surface area (Å²) in [7, 11) is 1.80. The highest BCUT2D eigenvalue weighted by Gasteiger charge is 2.03. The fraction of sp³-hybridized carbons (Fsp3) is 0.300. The van der Waals surface area contributed by atoms with Gasteiger partial charge >= 0.3 is 0 Å². The van der Waals surface area contributed by atoms with Crippen molar-refractivity contribution in [3.63, 3.8) is 0 Å². The standard InChI is InChI=1S/C20H25N5S/c1-3-18-9-10-19(26-18)14-23-20(21-2)22-12-11-16-13-24-25(15-16)17-7-5-4-6-8-17/h4-10,13,15H,3,11-12,14H2,1-2H3,(H2,21,22,23). The summed E-state index contributed by atoms with van der Waals surface area (Å²) in [5, 5.41) is 11.2. The second kappa shape index (κ2) is 9.20. The highest BCUT2D eigenvalue weighted by Crippen LogP contribution is 2.16. The van der Waals surface area contributed by atoms with Crippen LogP contribution in [0, 0.1) is 0 Å². The molecule has 0 bridgehead atoms. The number of benzene rings is 1. The molecule has 136 valence electrons. The van der Waals surface area contributed by atoms with Crippen molar-refractivity contribution in [2.24, 2.45) is 4.99 Å². The van der Waals surface area contributed by atoms with Gasteiger partial charge in [0.25, 0.3) is 0 Å². The van der Waals surface area contributed by atoms with Gasteiger partial charge in [-0.25, -0.2) is 4.68 Å². The van der Waals surface area contributed by atoms with Crippen LogP contribution in [0.2, 0.25) is 0 Å². The Kier molecular flexibility index (Phi) is 6.44. The fourth-order valence-electron chi connectivity index (χ4n) is 2.64. The van der Waals surface area contributed by atoms with E-state index < -0.39 is 0 Å².